The lowest BCUT2D eigenvalue weighted by Crippen LogP contribution is -2.31. The number of amides is 2. The van der Waals surface area contributed by atoms with Crippen LogP contribution in [-0.4, -0.2) is 41.4 Å². The van der Waals surface area contributed by atoms with E-state index in [9.17, 15) is 14.4 Å². The van der Waals surface area contributed by atoms with Crippen molar-refractivity contribution in [3.8, 4) is 0 Å². The Morgan fingerprint density at radius 3 is 2.40 bits per heavy atom. The Morgan fingerprint density at radius 1 is 1.15 bits per heavy atom. The number of hydrogen-bond donors (Lipinski definition) is 2. The Balaban J connectivity index is 2.53. The molecule has 20 heavy (non-hydrogen) atoms. The van der Waals surface area contributed by atoms with Gasteiger partial charge in [0.05, 0.1) is 12.3 Å². The van der Waals surface area contributed by atoms with E-state index in [2.05, 4.69) is 9.98 Å². The van der Waals surface area contributed by atoms with E-state index in [1.165, 1.54) is 0 Å². The molecule has 0 saturated heterocycles. The van der Waals surface area contributed by atoms with Crippen molar-refractivity contribution in [1.82, 2.24) is 0 Å². The van der Waals surface area contributed by atoms with E-state index in [4.69, 9.17) is 10.8 Å². The Kier molecular flexibility index (Phi) is 5.92. The topological polar surface area (TPSA) is 122 Å². The number of carboxylic acids is 1. The summed E-state index contributed by atoms with van der Waals surface area (Å²) < 4.78 is 0. The van der Waals surface area contributed by atoms with Crippen molar-refractivity contribution in [2.75, 3.05) is 0 Å². The molecular weight excluding hydrogens is 262 g/mol. The van der Waals surface area contributed by atoms with Crippen LogP contribution in [0.5, 0.6) is 0 Å². The molecule has 1 atom stereocenters. The maximum atomic E-state index is 11.5. The molecule has 0 aliphatic carbocycles. The zero-order chi connectivity index (χ0) is 15.0. The summed E-state index contributed by atoms with van der Waals surface area (Å²) in [6.07, 6.45) is 1.36. The van der Waals surface area contributed by atoms with E-state index in [0.717, 1.165) is 5.56 Å². The minimum absolute atomic E-state index is 0.295. The Morgan fingerprint density at radius 2 is 1.80 bits per heavy atom. The number of nitrogens with two attached hydrogens (primary N) is 1. The maximum Gasteiger partial charge on any atom is 0.347 e. The lowest BCUT2D eigenvalue weighted by Gasteiger charge is -2.06. The van der Waals surface area contributed by atoms with Gasteiger partial charge in [-0.15, -0.1) is 0 Å². The van der Waals surface area contributed by atoms with Gasteiger partial charge in [0.25, 0.3) is 11.8 Å². The molecule has 0 spiro atoms. The van der Waals surface area contributed by atoms with Crippen LogP contribution in [-0.2, 0) is 20.8 Å². The van der Waals surface area contributed by atoms with Crippen LogP contribution in [0.1, 0.15) is 5.56 Å². The van der Waals surface area contributed by atoms with Crippen LogP contribution in [0.25, 0.3) is 0 Å². The molecule has 2 amide bonds. The second-order valence-corrected chi connectivity index (χ2v) is 3.83. The molecule has 0 aliphatic heterocycles. The van der Waals surface area contributed by atoms with E-state index >= 15 is 0 Å². The number of nitrogens with zero attached hydrogens (tertiary/aromatic N) is 2. The number of aliphatic carboxylic acids is 1. The van der Waals surface area contributed by atoms with E-state index in [0.29, 0.717) is 18.9 Å². The SMILES string of the molecule is N[C@@H](Cc1ccccc1)C(=O)N=CC(=O)N=CC(=O)O. The summed E-state index contributed by atoms with van der Waals surface area (Å²) >= 11 is 0. The van der Waals surface area contributed by atoms with Crippen LogP contribution in [0.2, 0.25) is 0 Å². The molecule has 1 rings (SSSR count). The quantitative estimate of drug-likeness (QED) is 0.723. The van der Waals surface area contributed by atoms with Crippen LogP contribution in [0.15, 0.2) is 40.3 Å². The molecule has 0 heterocycles. The fraction of sp³-hybridized carbons (Fsp3) is 0.154. The van der Waals surface area contributed by atoms with Gasteiger partial charge in [0.15, 0.2) is 0 Å². The predicted octanol–water partition coefficient (Wildman–Crippen LogP) is -0.164. The fourth-order valence-corrected chi connectivity index (χ4v) is 1.32. The summed E-state index contributed by atoms with van der Waals surface area (Å²) in [5, 5.41) is 8.26. The van der Waals surface area contributed by atoms with Gasteiger partial charge in [-0.2, -0.15) is 0 Å². The molecule has 3 N–H and O–H groups in total. The van der Waals surface area contributed by atoms with E-state index in [-0.39, 0.29) is 0 Å². The molecule has 7 nitrogen and oxygen atoms in total. The van der Waals surface area contributed by atoms with Crippen LogP contribution in [0.4, 0.5) is 0 Å². The number of rotatable bonds is 5. The van der Waals surface area contributed by atoms with Crippen LogP contribution in [0.3, 0.4) is 0 Å². The monoisotopic (exact) mass is 275 g/mol. The molecule has 0 aromatic heterocycles. The zero-order valence-corrected chi connectivity index (χ0v) is 10.5. The Labute approximate surface area is 114 Å². The van der Waals surface area contributed by atoms with Crippen molar-refractivity contribution in [1.29, 1.82) is 0 Å². The summed E-state index contributed by atoms with van der Waals surface area (Å²) in [4.78, 5) is 39.1. The van der Waals surface area contributed by atoms with Gasteiger partial charge in [0, 0.05) is 0 Å². The molecule has 104 valence electrons. The first kappa shape index (κ1) is 15.4. The third-order valence-corrected chi connectivity index (χ3v) is 2.22. The molecule has 7 heteroatoms. The summed E-state index contributed by atoms with van der Waals surface area (Å²) in [5.41, 5.74) is 6.52. The number of carbonyl (C=O) groups excluding carboxylic acids is 2. The fourth-order valence-electron chi connectivity index (χ4n) is 1.32. The van der Waals surface area contributed by atoms with Crippen LogP contribution >= 0.6 is 0 Å². The second-order valence-electron chi connectivity index (χ2n) is 3.83. The molecule has 1 aromatic rings. The lowest BCUT2D eigenvalue weighted by atomic mass is 10.1. The Bertz CT molecular complexity index is 552. The highest BCUT2D eigenvalue weighted by atomic mass is 16.4. The average Bonchev–Trinajstić information content (AvgIpc) is 2.43. The minimum Gasteiger partial charge on any atom is -0.477 e. The molecule has 0 fully saturated rings. The van der Waals surface area contributed by atoms with Crippen molar-refractivity contribution in [3.63, 3.8) is 0 Å². The van der Waals surface area contributed by atoms with Crippen LogP contribution < -0.4 is 5.73 Å². The first-order valence-electron chi connectivity index (χ1n) is 5.67. The summed E-state index contributed by atoms with van der Waals surface area (Å²) in [5.74, 6) is -2.97. The third-order valence-electron chi connectivity index (χ3n) is 2.22. The number of benzene rings is 1. The van der Waals surface area contributed by atoms with Gasteiger partial charge >= 0.3 is 5.97 Å². The number of carboxylic acid groups (broad SMARTS) is 1. The number of carbonyl (C=O) groups is 3. The molecule has 0 saturated carbocycles. The van der Waals surface area contributed by atoms with Crippen molar-refractivity contribution in [2.45, 2.75) is 12.5 Å². The van der Waals surface area contributed by atoms with Crippen molar-refractivity contribution < 1.29 is 19.5 Å². The second kappa shape index (κ2) is 7.70. The standard InChI is InChI=1S/C13H13N3O4/c14-10(6-9-4-2-1-3-5-9)13(20)16-7-11(17)15-8-12(18)19/h1-5,7-8,10H,6,14H2,(H,18,19)/t10-/m0/s1. The van der Waals surface area contributed by atoms with Gasteiger partial charge in [0.1, 0.15) is 6.21 Å². The van der Waals surface area contributed by atoms with E-state index < -0.39 is 23.8 Å². The van der Waals surface area contributed by atoms with Gasteiger partial charge in [-0.1, -0.05) is 30.3 Å². The van der Waals surface area contributed by atoms with Gasteiger partial charge in [-0.05, 0) is 12.0 Å². The smallest absolute Gasteiger partial charge is 0.347 e. The molecule has 0 unspecified atom stereocenters. The van der Waals surface area contributed by atoms with E-state index in [1.807, 2.05) is 30.3 Å². The molecule has 0 aliphatic rings. The third kappa shape index (κ3) is 5.78. The van der Waals surface area contributed by atoms with Gasteiger partial charge in [0.2, 0.25) is 0 Å². The molecular formula is C13H13N3O4. The van der Waals surface area contributed by atoms with Crippen molar-refractivity contribution >= 4 is 30.2 Å². The van der Waals surface area contributed by atoms with Gasteiger partial charge in [-0.25, -0.2) is 14.8 Å². The first-order chi connectivity index (χ1) is 9.49. The Hall–Kier alpha value is -2.67. The van der Waals surface area contributed by atoms with Crippen molar-refractivity contribution in [3.05, 3.63) is 35.9 Å². The van der Waals surface area contributed by atoms with Crippen molar-refractivity contribution in [2.24, 2.45) is 15.7 Å². The molecule has 0 radical (unpaired) electrons. The zero-order valence-electron chi connectivity index (χ0n) is 10.5. The van der Waals surface area contributed by atoms with Crippen LogP contribution in [0, 0.1) is 0 Å². The molecule has 1 aromatic carbocycles. The largest absolute Gasteiger partial charge is 0.477 e. The predicted molar refractivity (Wildman–Crippen MR) is 72.8 cm³/mol. The van der Waals surface area contributed by atoms with Gasteiger partial charge < -0.3 is 10.8 Å². The average molecular weight is 275 g/mol. The summed E-state index contributed by atoms with van der Waals surface area (Å²) in [6, 6.07) is 8.25. The summed E-state index contributed by atoms with van der Waals surface area (Å²) in [7, 11) is 0. The highest BCUT2D eigenvalue weighted by Gasteiger charge is 2.12. The maximum absolute atomic E-state index is 11.5. The number of hydrogen-bond acceptors (Lipinski definition) is 4. The molecule has 0 bridgehead atoms. The number of aliphatic imine (C=N–C) groups is 2. The first-order valence-corrected chi connectivity index (χ1v) is 5.67. The summed E-state index contributed by atoms with van der Waals surface area (Å²) in [6.45, 7) is 0. The normalized spacial score (nSPS) is 12.7. The van der Waals surface area contributed by atoms with Gasteiger partial charge in [-0.3, -0.25) is 9.59 Å². The highest BCUT2D eigenvalue weighted by Crippen LogP contribution is 2.02. The minimum atomic E-state index is -1.36. The van der Waals surface area contributed by atoms with E-state index in [1.54, 1.807) is 0 Å². The highest BCUT2D eigenvalue weighted by molar-refractivity contribution is 6.34. The lowest BCUT2D eigenvalue weighted by molar-refractivity contribution is -0.129.